The molecule has 0 spiro atoms. The molecule has 2 aliphatic heterocycles. The highest BCUT2D eigenvalue weighted by Crippen LogP contribution is 2.46. The number of hydrogen-bond acceptors (Lipinski definition) is 7. The van der Waals surface area contributed by atoms with Gasteiger partial charge in [-0.15, -0.1) is 6.42 Å². The van der Waals surface area contributed by atoms with Gasteiger partial charge in [0.05, 0.1) is 5.56 Å². The van der Waals surface area contributed by atoms with Crippen LogP contribution in [0.3, 0.4) is 0 Å². The van der Waals surface area contributed by atoms with Crippen molar-refractivity contribution in [3.63, 3.8) is 0 Å². The largest absolute Gasteiger partial charge is 0.483 e. The topological polar surface area (TPSA) is 129 Å². The van der Waals surface area contributed by atoms with Crippen LogP contribution in [0.2, 0.25) is 0 Å². The van der Waals surface area contributed by atoms with Crippen molar-refractivity contribution in [1.82, 2.24) is 15.0 Å². The van der Waals surface area contributed by atoms with Crippen LogP contribution in [0.1, 0.15) is 70.8 Å². The molecule has 0 bridgehead atoms. The summed E-state index contributed by atoms with van der Waals surface area (Å²) < 4.78 is 72.0. The lowest BCUT2D eigenvalue weighted by atomic mass is 9.78. The number of anilines is 1. The lowest BCUT2D eigenvalue weighted by molar-refractivity contribution is -0.144. The molecule has 3 aromatic heterocycles. The molecular weight excluding hydrogens is 640 g/mol. The Morgan fingerprint density at radius 2 is 1.81 bits per heavy atom. The lowest BCUT2D eigenvalue weighted by Crippen LogP contribution is -2.50. The van der Waals surface area contributed by atoms with Crippen molar-refractivity contribution < 1.29 is 36.1 Å². The van der Waals surface area contributed by atoms with Gasteiger partial charge in [0.25, 0.3) is 12.0 Å². The Morgan fingerprint density at radius 3 is 2.40 bits per heavy atom. The summed E-state index contributed by atoms with van der Waals surface area (Å²) in [6, 6.07) is 8.39. The fourth-order valence-electron chi connectivity index (χ4n) is 5.54. The maximum absolute atomic E-state index is 15.5. The second-order valence-electron chi connectivity index (χ2n) is 11.4. The third kappa shape index (κ3) is 8.01. The van der Waals surface area contributed by atoms with Gasteiger partial charge >= 0.3 is 6.18 Å². The van der Waals surface area contributed by atoms with Gasteiger partial charge in [0.2, 0.25) is 5.82 Å². The number of carboxylic acid groups (broad SMARTS) is 1. The molecule has 6 rings (SSSR count). The van der Waals surface area contributed by atoms with Gasteiger partial charge in [0.15, 0.2) is 11.4 Å². The van der Waals surface area contributed by atoms with Crippen LogP contribution < -0.4 is 10.5 Å². The average Bonchev–Trinajstić information content (AvgIpc) is 3.70. The zero-order chi connectivity index (χ0) is 35.2. The van der Waals surface area contributed by atoms with Crippen molar-refractivity contribution in [1.29, 1.82) is 0 Å². The number of furan rings is 1. The normalized spacial score (nSPS) is 21.7. The first kappa shape index (κ1) is 37.2. The van der Waals surface area contributed by atoms with E-state index in [2.05, 4.69) is 20.9 Å². The monoisotopic (exact) mass is 678 g/mol. The number of aromatic nitrogens is 3. The number of alkyl halides is 4. The number of fused-ring (bicyclic) bond motifs is 3. The number of nitrogens with zero attached hydrogens (tertiary/aromatic N) is 3. The summed E-state index contributed by atoms with van der Waals surface area (Å²) in [6.45, 7) is 10.3. The minimum Gasteiger partial charge on any atom is -0.483 e. The molecule has 0 aliphatic carbocycles. The summed E-state index contributed by atoms with van der Waals surface area (Å²) in [5.74, 6) is 1.27. The second-order valence-corrected chi connectivity index (χ2v) is 13.6. The van der Waals surface area contributed by atoms with E-state index in [1.165, 1.54) is 12.3 Å². The molecular formula is C33H38F4N4O5S. The van der Waals surface area contributed by atoms with Crippen LogP contribution in [-0.2, 0) is 27.4 Å². The molecule has 1 aromatic carbocycles. The van der Waals surface area contributed by atoms with E-state index in [-0.39, 0.29) is 35.5 Å². The molecule has 3 atom stereocenters. The highest BCUT2D eigenvalue weighted by atomic mass is 32.2. The summed E-state index contributed by atoms with van der Waals surface area (Å²) in [6.07, 6.45) is 4.04. The zero-order valence-corrected chi connectivity index (χ0v) is 27.6. The van der Waals surface area contributed by atoms with Crippen molar-refractivity contribution >= 4 is 45.2 Å². The van der Waals surface area contributed by atoms with Crippen molar-refractivity contribution in [2.24, 2.45) is 5.92 Å². The van der Waals surface area contributed by atoms with Crippen molar-refractivity contribution in [2.75, 3.05) is 23.7 Å². The first-order chi connectivity index (χ1) is 22.2. The Bertz CT molecular complexity index is 1830. The van der Waals surface area contributed by atoms with Crippen molar-refractivity contribution in [3.8, 4) is 12.3 Å². The Kier molecular flexibility index (Phi) is 12.0. The SMILES string of the molecule is C#Cc1c[nH]c(=O)c([C@@]2(F)CC(C)(C)S(=O)C[C@@H]2C)c1.CC.FC(F)(F)c1nc(N2CCCC2)c2oc3ccccc3c2n1.O=CO. The van der Waals surface area contributed by atoms with Gasteiger partial charge in [0, 0.05) is 63.9 Å². The number of nitrogens with one attached hydrogen (secondary N) is 1. The van der Waals surface area contributed by atoms with Crippen molar-refractivity contribution in [2.45, 2.75) is 70.5 Å². The molecule has 14 heteroatoms. The molecule has 2 fully saturated rings. The first-order valence-electron chi connectivity index (χ1n) is 15.0. The quantitative estimate of drug-likeness (QED) is 0.134. The Labute approximate surface area is 272 Å². The summed E-state index contributed by atoms with van der Waals surface area (Å²) >= 11 is 0. The molecule has 9 nitrogen and oxygen atoms in total. The standard InChI is InChI=1S/C15H12F3N3O.C15H18FNO2S.C2H6.CH2O2/c16-15(17,18)14-19-11-9-5-1-2-6-10(9)22-12(11)13(20-14)21-7-3-4-8-21;1-5-11-6-12(13(18)17-7-11)15(16)9-14(3,4)20(19)8-10(15)2;1-2;2-1-3/h1-2,5-6H,3-4,7-8H2;1,6-7,10H,8-9H2,2-4H3,(H,17,18);1-2H3;1H,(H,2,3)/t;10-,15+,20?;;/m.0../s1. The minimum absolute atomic E-state index is 0.0465. The number of pyridine rings is 1. The van der Waals surface area contributed by atoms with Gasteiger partial charge in [-0.05, 0) is 44.9 Å². The third-order valence-electron chi connectivity index (χ3n) is 7.86. The Morgan fingerprint density at radius 1 is 1.19 bits per heavy atom. The third-order valence-corrected chi connectivity index (χ3v) is 10.0. The van der Waals surface area contributed by atoms with Gasteiger partial charge < -0.3 is 19.4 Å². The van der Waals surface area contributed by atoms with Gasteiger partial charge in [-0.1, -0.05) is 38.8 Å². The number of H-pyrrole nitrogens is 1. The van der Waals surface area contributed by atoms with Crippen LogP contribution in [0.15, 0.2) is 45.7 Å². The smallest absolute Gasteiger partial charge is 0.451 e. The summed E-state index contributed by atoms with van der Waals surface area (Å²) in [5, 5.41) is 7.46. The van der Waals surface area contributed by atoms with Crippen LogP contribution in [-0.4, -0.2) is 54.3 Å². The van der Waals surface area contributed by atoms with Crippen LogP contribution in [0.4, 0.5) is 23.4 Å². The molecule has 2 N–H and O–H groups in total. The molecule has 5 heterocycles. The molecule has 1 unspecified atom stereocenters. The van der Waals surface area contributed by atoms with E-state index in [1.807, 2.05) is 18.7 Å². The predicted molar refractivity (Wildman–Crippen MR) is 174 cm³/mol. The van der Waals surface area contributed by atoms with E-state index in [9.17, 15) is 22.2 Å². The zero-order valence-electron chi connectivity index (χ0n) is 26.8. The molecule has 4 aromatic rings. The molecule has 254 valence electrons. The van der Waals surface area contributed by atoms with E-state index < -0.39 is 44.7 Å². The van der Waals surface area contributed by atoms with E-state index in [1.54, 1.807) is 45.0 Å². The number of hydrogen-bond donors (Lipinski definition) is 2. The number of benzene rings is 1. The number of para-hydroxylation sites is 1. The fraction of sp³-hybridized carbons (Fsp3) is 0.455. The number of terminal acetylenes is 1. The fourth-order valence-corrected chi connectivity index (χ4v) is 7.08. The molecule has 2 saturated heterocycles. The van der Waals surface area contributed by atoms with Crippen LogP contribution in [0, 0.1) is 18.3 Å². The van der Waals surface area contributed by atoms with Crippen LogP contribution >= 0.6 is 0 Å². The first-order valence-corrected chi connectivity index (χ1v) is 16.3. The van der Waals surface area contributed by atoms with E-state index in [0.717, 1.165) is 12.8 Å². The molecule has 0 radical (unpaired) electrons. The summed E-state index contributed by atoms with van der Waals surface area (Å²) in [5.41, 5.74) is -0.722. The number of aromatic amines is 1. The minimum atomic E-state index is -4.58. The molecule has 0 saturated carbocycles. The van der Waals surface area contributed by atoms with E-state index >= 15 is 4.39 Å². The highest BCUT2D eigenvalue weighted by molar-refractivity contribution is 7.86. The van der Waals surface area contributed by atoms with Gasteiger partial charge in [0.1, 0.15) is 16.8 Å². The number of rotatable bonds is 2. The second kappa shape index (κ2) is 15.1. The lowest BCUT2D eigenvalue weighted by Gasteiger charge is -2.43. The molecule has 2 aliphatic rings. The Balaban J connectivity index is 0.000000226. The molecule has 0 amide bonds. The molecule has 47 heavy (non-hydrogen) atoms. The van der Waals surface area contributed by atoms with Gasteiger partial charge in [-0.3, -0.25) is 13.8 Å². The van der Waals surface area contributed by atoms with Gasteiger partial charge in [-0.25, -0.2) is 14.4 Å². The number of halogens is 4. The van der Waals surface area contributed by atoms with Crippen molar-refractivity contribution in [3.05, 3.63) is 63.8 Å². The van der Waals surface area contributed by atoms with Gasteiger partial charge in [-0.2, -0.15) is 13.2 Å². The summed E-state index contributed by atoms with van der Waals surface area (Å²) in [7, 11) is -1.11. The maximum atomic E-state index is 15.5. The van der Waals surface area contributed by atoms with Crippen LogP contribution in [0.25, 0.3) is 22.1 Å². The van der Waals surface area contributed by atoms with Crippen LogP contribution in [0.5, 0.6) is 0 Å². The van der Waals surface area contributed by atoms with E-state index in [0.29, 0.717) is 35.2 Å². The summed E-state index contributed by atoms with van der Waals surface area (Å²) in [4.78, 5) is 32.1. The number of carbonyl (C=O) groups is 1. The average molecular weight is 679 g/mol. The Hall–Kier alpha value is -4.25. The predicted octanol–water partition coefficient (Wildman–Crippen LogP) is 6.81. The highest BCUT2D eigenvalue weighted by Gasteiger charge is 2.51. The van der Waals surface area contributed by atoms with E-state index in [4.69, 9.17) is 20.7 Å². The maximum Gasteiger partial charge on any atom is 0.451 e.